The summed E-state index contributed by atoms with van der Waals surface area (Å²) in [5.74, 6) is -0.299. The van der Waals surface area contributed by atoms with E-state index in [1.54, 1.807) is 6.08 Å². The van der Waals surface area contributed by atoms with Crippen molar-refractivity contribution in [1.82, 2.24) is 5.32 Å². The van der Waals surface area contributed by atoms with Gasteiger partial charge in [-0.2, -0.15) is 0 Å². The van der Waals surface area contributed by atoms with Crippen LogP contribution in [0.4, 0.5) is 0 Å². The van der Waals surface area contributed by atoms with Crippen molar-refractivity contribution in [2.75, 3.05) is 26.4 Å². The first kappa shape index (κ1) is 72.2. The maximum Gasteiger partial charge on any atom is 0.220 e. The van der Waals surface area contributed by atoms with Crippen molar-refractivity contribution in [1.29, 1.82) is 0 Å². The van der Waals surface area contributed by atoms with Crippen molar-refractivity contribution in [2.24, 2.45) is 0 Å². The predicted octanol–water partition coefficient (Wildman–Crippen LogP) is 5.59. The fraction of sp³-hybridized carbons (Fsp3) is 0.758. The molecule has 0 saturated carbocycles. The molecule has 0 bridgehead atoms. The van der Waals surface area contributed by atoms with Crippen molar-refractivity contribution in [3.63, 3.8) is 0 Å². The zero-order valence-corrected chi connectivity index (χ0v) is 48.5. The van der Waals surface area contributed by atoms with Crippen LogP contribution in [0.15, 0.2) is 85.1 Å². The highest BCUT2D eigenvalue weighted by Gasteiger charge is 2.53. The molecule has 0 aromatic carbocycles. The van der Waals surface area contributed by atoms with E-state index in [4.69, 9.17) is 28.4 Å². The van der Waals surface area contributed by atoms with Crippen molar-refractivity contribution in [3.8, 4) is 0 Å². The van der Waals surface area contributed by atoms with Gasteiger partial charge in [-0.15, -0.1) is 0 Å². The van der Waals surface area contributed by atoms with Gasteiger partial charge in [0, 0.05) is 6.42 Å². The van der Waals surface area contributed by atoms with Gasteiger partial charge in [-0.05, 0) is 77.0 Å². The highest BCUT2D eigenvalue weighted by molar-refractivity contribution is 5.76. The third-order valence-electron chi connectivity index (χ3n) is 14.7. The Morgan fingerprint density at radius 3 is 1.38 bits per heavy atom. The summed E-state index contributed by atoms with van der Waals surface area (Å²) >= 11 is 0. The highest BCUT2D eigenvalue weighted by Crippen LogP contribution is 2.33. The van der Waals surface area contributed by atoms with Crippen molar-refractivity contribution >= 4 is 5.91 Å². The minimum atomic E-state index is -1.98. The van der Waals surface area contributed by atoms with Crippen LogP contribution in [-0.4, -0.2) is 193 Å². The van der Waals surface area contributed by atoms with Gasteiger partial charge in [0.05, 0.1) is 38.6 Å². The van der Waals surface area contributed by atoms with Gasteiger partial charge >= 0.3 is 0 Å². The average Bonchev–Trinajstić information content (AvgIpc) is 3.51. The topological polar surface area (TPSA) is 307 Å². The average molecular weight is 1150 g/mol. The number of hydrogen-bond acceptors (Lipinski definition) is 18. The van der Waals surface area contributed by atoms with Crippen LogP contribution < -0.4 is 5.32 Å². The summed E-state index contributed by atoms with van der Waals surface area (Å²) < 4.78 is 34.2. The number of ether oxygens (including phenoxy) is 6. The summed E-state index contributed by atoms with van der Waals surface area (Å²) in [6.07, 6.45) is 27.2. The van der Waals surface area contributed by atoms with Crippen LogP contribution in [0.25, 0.3) is 0 Å². The minimum absolute atomic E-state index is 0.223. The number of carbonyl (C=O) groups is 1. The van der Waals surface area contributed by atoms with Crippen LogP contribution in [0, 0.1) is 0 Å². The molecule has 0 radical (unpaired) electrons. The molecule has 3 fully saturated rings. The lowest BCUT2D eigenvalue weighted by Gasteiger charge is -2.48. The van der Waals surface area contributed by atoms with E-state index in [9.17, 15) is 61.0 Å². The molecular weight excluding hydrogens is 1050 g/mol. The third-order valence-corrected chi connectivity index (χ3v) is 14.7. The van der Waals surface area contributed by atoms with E-state index in [-0.39, 0.29) is 18.9 Å². The van der Waals surface area contributed by atoms with Gasteiger partial charge < -0.3 is 89.9 Å². The molecular formula is C62H105NO18. The number of aliphatic hydroxyl groups excluding tert-OH is 11. The monoisotopic (exact) mass is 1150 g/mol. The van der Waals surface area contributed by atoms with Crippen LogP contribution >= 0.6 is 0 Å². The molecule has 1 amide bonds. The Morgan fingerprint density at radius 2 is 0.864 bits per heavy atom. The van der Waals surface area contributed by atoms with E-state index in [0.29, 0.717) is 12.8 Å². The van der Waals surface area contributed by atoms with E-state index < -0.39 is 124 Å². The van der Waals surface area contributed by atoms with Crippen LogP contribution in [-0.2, 0) is 33.2 Å². The second kappa shape index (κ2) is 44.4. The Bertz CT molecular complexity index is 1810. The Labute approximate surface area is 482 Å². The third kappa shape index (κ3) is 28.1. The first-order valence-electron chi connectivity index (χ1n) is 30.3. The van der Waals surface area contributed by atoms with Gasteiger partial charge in [0.25, 0.3) is 0 Å². The number of hydrogen-bond donors (Lipinski definition) is 12. The van der Waals surface area contributed by atoms with E-state index in [0.717, 1.165) is 83.5 Å². The molecule has 3 rings (SSSR count). The lowest BCUT2D eigenvalue weighted by atomic mass is 9.96. The Kier molecular flexibility index (Phi) is 39.6. The molecule has 3 aliphatic heterocycles. The Hall–Kier alpha value is -3.03. The van der Waals surface area contributed by atoms with E-state index in [1.807, 2.05) is 6.08 Å². The Morgan fingerprint density at radius 1 is 0.457 bits per heavy atom. The lowest BCUT2D eigenvalue weighted by molar-refractivity contribution is -0.379. The van der Waals surface area contributed by atoms with Crippen molar-refractivity contribution in [2.45, 2.75) is 272 Å². The molecule has 0 aromatic heterocycles. The highest BCUT2D eigenvalue weighted by atomic mass is 16.8. The van der Waals surface area contributed by atoms with Crippen LogP contribution in [0.2, 0.25) is 0 Å². The van der Waals surface area contributed by atoms with Gasteiger partial charge in [-0.1, -0.05) is 170 Å². The quantitative estimate of drug-likeness (QED) is 0.0261. The molecule has 17 atom stereocenters. The fourth-order valence-electron chi connectivity index (χ4n) is 9.70. The maximum absolute atomic E-state index is 13.3. The summed E-state index contributed by atoms with van der Waals surface area (Å²) in [6, 6.07) is -0.997. The van der Waals surface area contributed by atoms with Gasteiger partial charge in [0.2, 0.25) is 5.91 Å². The lowest BCUT2D eigenvalue weighted by Crippen LogP contribution is -2.66. The number of unbranched alkanes of at least 4 members (excludes halogenated alkanes) is 15. The van der Waals surface area contributed by atoms with Crippen LogP contribution in [0.3, 0.4) is 0 Å². The SMILES string of the molecule is CC/C=C\C/C=C\C/C=C\C/C=C\C/C=C\CCCCCCCCCCCC(=O)NC(COC1OC(CO)C(OC2OC(CO)C(OC3OC(CO)C(O)C(O)C3O)C(O)C2O)C(O)C1O)C(O)/C=C/CC/C=C/CCCCCCC. The zero-order valence-electron chi connectivity index (χ0n) is 48.5. The number of nitrogens with one attached hydrogen (secondary N) is 1. The molecule has 0 aliphatic carbocycles. The molecule has 3 aliphatic rings. The summed E-state index contributed by atoms with van der Waals surface area (Å²) in [6.45, 7) is 1.52. The number of aliphatic hydroxyl groups is 11. The first-order valence-corrected chi connectivity index (χ1v) is 30.3. The largest absolute Gasteiger partial charge is 0.394 e. The fourth-order valence-corrected chi connectivity index (χ4v) is 9.70. The molecule has 0 aromatic rings. The first-order chi connectivity index (χ1) is 39.3. The van der Waals surface area contributed by atoms with Crippen LogP contribution in [0.1, 0.15) is 168 Å². The van der Waals surface area contributed by atoms with Crippen LogP contribution in [0.5, 0.6) is 0 Å². The van der Waals surface area contributed by atoms with Gasteiger partial charge in [-0.25, -0.2) is 0 Å². The maximum atomic E-state index is 13.3. The van der Waals surface area contributed by atoms with E-state index in [1.165, 1.54) is 51.4 Å². The molecule has 19 heteroatoms. The molecule has 3 saturated heterocycles. The zero-order chi connectivity index (χ0) is 59.0. The normalized spacial score (nSPS) is 30.4. The van der Waals surface area contributed by atoms with Gasteiger partial charge in [0.1, 0.15) is 73.2 Å². The molecule has 81 heavy (non-hydrogen) atoms. The van der Waals surface area contributed by atoms with Gasteiger partial charge in [-0.3, -0.25) is 4.79 Å². The van der Waals surface area contributed by atoms with E-state index >= 15 is 0 Å². The smallest absolute Gasteiger partial charge is 0.220 e. The molecule has 0 spiro atoms. The molecule has 466 valence electrons. The minimum Gasteiger partial charge on any atom is -0.394 e. The summed E-state index contributed by atoms with van der Waals surface area (Å²) in [5, 5.41) is 120. The second-order valence-electron chi connectivity index (χ2n) is 21.4. The summed E-state index contributed by atoms with van der Waals surface area (Å²) in [7, 11) is 0. The number of carbonyl (C=O) groups excluding carboxylic acids is 1. The summed E-state index contributed by atoms with van der Waals surface area (Å²) in [4.78, 5) is 13.3. The number of rotatable bonds is 43. The van der Waals surface area contributed by atoms with Crippen molar-refractivity contribution < 1.29 is 89.4 Å². The Balaban J connectivity index is 1.46. The standard InChI is InChI=1S/C62H105NO18/c1-3-5-7-9-11-13-15-16-17-18-19-20-21-22-23-24-25-26-27-28-30-32-34-36-38-40-50(68)63-45(46(67)39-37-35-33-31-29-14-12-10-8-6-4-2)44-76-60-56(74)53(71)58(48(42-65)78-60)81-62-57(75)54(72)59(49(43-66)79-62)80-61-55(73)52(70)51(69)47(41-64)77-61/h5,7,11,13,16-17,19-20,22-23,29,31,37,39,45-49,51-62,64-67,69-75H,3-4,6,8-10,12,14-15,18,21,24-28,30,32-36,38,40-44H2,1-2H3,(H,63,68)/b7-5-,13-11-,17-16-,20-19-,23-22-,31-29+,39-37+. The molecule has 3 heterocycles. The molecule has 17 unspecified atom stereocenters. The van der Waals surface area contributed by atoms with Gasteiger partial charge in [0.15, 0.2) is 18.9 Å². The van der Waals surface area contributed by atoms with Crippen molar-refractivity contribution in [3.05, 3.63) is 85.1 Å². The number of amides is 1. The van der Waals surface area contributed by atoms with E-state index in [2.05, 4.69) is 92.1 Å². The predicted molar refractivity (Wildman–Crippen MR) is 309 cm³/mol. The second-order valence-corrected chi connectivity index (χ2v) is 21.4. The molecule has 19 nitrogen and oxygen atoms in total. The molecule has 12 N–H and O–H groups in total. The summed E-state index contributed by atoms with van der Waals surface area (Å²) in [5.41, 5.74) is 0. The number of allylic oxidation sites excluding steroid dienone is 13.